The first-order chi connectivity index (χ1) is 12.7. The van der Waals surface area contributed by atoms with Gasteiger partial charge in [0.1, 0.15) is 0 Å². The van der Waals surface area contributed by atoms with Crippen LogP contribution in [0.1, 0.15) is 61.0 Å². The van der Waals surface area contributed by atoms with Crippen LogP contribution in [0.4, 0.5) is 0 Å². The Hall–Kier alpha value is -0.309. The molecule has 0 saturated heterocycles. The molecule has 0 aliphatic heterocycles. The third-order valence-electron chi connectivity index (χ3n) is 5.65. The van der Waals surface area contributed by atoms with Crippen molar-refractivity contribution in [3.63, 3.8) is 0 Å². The summed E-state index contributed by atoms with van der Waals surface area (Å²) in [5, 5.41) is 0. The van der Waals surface area contributed by atoms with Crippen molar-refractivity contribution < 1.29 is 19.2 Å². The van der Waals surface area contributed by atoms with E-state index in [0.29, 0.717) is 18.7 Å². The molecule has 0 nitrogen and oxygen atoms in total. The molecular weight excluding hydrogens is 447 g/mol. The molecule has 1 aromatic carbocycles. The van der Waals surface area contributed by atoms with Crippen LogP contribution in [0.25, 0.3) is 0 Å². The second-order valence-electron chi connectivity index (χ2n) is 7.49. The Labute approximate surface area is 204 Å². The first-order valence-corrected chi connectivity index (χ1v) is 13.9. The van der Waals surface area contributed by atoms with Gasteiger partial charge in [-0.1, -0.05) is 53.4 Å². The molecule has 0 spiro atoms. The van der Waals surface area contributed by atoms with E-state index in [0.717, 1.165) is 0 Å². The summed E-state index contributed by atoms with van der Waals surface area (Å²) in [7, 11) is 0. The van der Waals surface area contributed by atoms with Gasteiger partial charge in [-0.25, -0.2) is 11.1 Å². The Balaban J connectivity index is 0. The molecule has 2 unspecified atom stereocenters. The fourth-order valence-electron chi connectivity index (χ4n) is 3.06. The first-order valence-electron chi connectivity index (χ1n) is 9.77. The van der Waals surface area contributed by atoms with Crippen molar-refractivity contribution in [2.75, 3.05) is 0 Å². The van der Waals surface area contributed by atoms with Crippen LogP contribution in [0.2, 0.25) is 0 Å². The van der Waals surface area contributed by atoms with Crippen LogP contribution in [-0.4, -0.2) is 6.91 Å². The van der Waals surface area contributed by atoms with Gasteiger partial charge in [-0.05, 0) is 0 Å². The minimum atomic E-state index is 0. The van der Waals surface area contributed by atoms with Gasteiger partial charge in [-0.15, -0.1) is 38.7 Å². The van der Waals surface area contributed by atoms with Crippen molar-refractivity contribution in [1.29, 1.82) is 0 Å². The summed E-state index contributed by atoms with van der Waals surface area (Å²) in [5.74, 6) is 1.12. The Bertz CT molecular complexity index is 729. The molecule has 0 saturated carbocycles. The zero-order valence-corrected chi connectivity index (χ0v) is 23.5. The predicted octanol–water partition coefficient (Wildman–Crippen LogP) is 7.37. The maximum atomic E-state index is 3.36. The molecular formula is C25H36Cl2SiTi. The number of hydrogen-bond donors (Lipinski definition) is 0. The zero-order chi connectivity index (χ0) is 20.6. The van der Waals surface area contributed by atoms with Crippen LogP contribution in [0.3, 0.4) is 0 Å². The van der Waals surface area contributed by atoms with Crippen molar-refractivity contribution in [1.82, 2.24) is 0 Å². The predicted molar refractivity (Wildman–Crippen MR) is 132 cm³/mol. The number of halogens is 2. The second-order valence-corrected chi connectivity index (χ2v) is 10.2. The van der Waals surface area contributed by atoms with Crippen molar-refractivity contribution in [2.45, 2.75) is 61.4 Å². The van der Waals surface area contributed by atoms with Crippen molar-refractivity contribution in [2.24, 2.45) is 11.8 Å². The van der Waals surface area contributed by atoms with Crippen LogP contribution in [-0.2, 0) is 25.2 Å². The summed E-state index contributed by atoms with van der Waals surface area (Å²) in [6, 6.07) is 11.9. The Kier molecular flexibility index (Phi) is 16.5. The molecule has 2 aliphatic rings. The SMILES string of the molecule is CC1=[C-]C(C)C(C)=C1C.CC1=[C-]C(C)C(C)=C1C.Cl.Cl.[Ti+2]=[SiH]Cc1ccccc1. The van der Waals surface area contributed by atoms with E-state index in [9.17, 15) is 0 Å². The fraction of sp³-hybridized carbons (Fsp3) is 0.440. The van der Waals surface area contributed by atoms with E-state index in [4.69, 9.17) is 0 Å². The van der Waals surface area contributed by atoms with E-state index in [1.54, 1.807) is 0 Å². The van der Waals surface area contributed by atoms with Crippen molar-refractivity contribution in [3.8, 4) is 0 Å². The molecule has 0 bridgehead atoms. The van der Waals surface area contributed by atoms with Crippen LogP contribution >= 0.6 is 24.8 Å². The van der Waals surface area contributed by atoms with Crippen molar-refractivity contribution >= 4 is 31.7 Å². The van der Waals surface area contributed by atoms with Gasteiger partial charge < -0.3 is 0 Å². The molecule has 0 radical (unpaired) electrons. The summed E-state index contributed by atoms with van der Waals surface area (Å²) < 4.78 is 0. The standard InChI is InChI=1S/2C9H13.C7H8Si.2ClH.Ti/c2*1-6-5-7(2)9(4)8(6)3;8-6-7-4-2-1-3-5-7;;;/h2*6H,1-4H3;1-5,8H,6H2;2*1H;/q2*-1;;;;+2. The van der Waals surface area contributed by atoms with Crippen molar-refractivity contribution in [3.05, 3.63) is 81.5 Å². The molecule has 0 fully saturated rings. The maximum absolute atomic E-state index is 3.36. The quantitative estimate of drug-likeness (QED) is 0.304. The monoisotopic (exact) mass is 482 g/mol. The summed E-state index contributed by atoms with van der Waals surface area (Å²) in [6.07, 6.45) is 6.72. The van der Waals surface area contributed by atoms with E-state index in [1.165, 1.54) is 45.0 Å². The van der Waals surface area contributed by atoms with Crippen LogP contribution in [0.15, 0.2) is 63.8 Å². The van der Waals surface area contributed by atoms with Crippen LogP contribution < -0.4 is 0 Å². The van der Waals surface area contributed by atoms with E-state index < -0.39 is 0 Å². The summed E-state index contributed by atoms with van der Waals surface area (Å²) in [6.45, 7) is 18.0. The summed E-state index contributed by atoms with van der Waals surface area (Å²) >= 11 is 2.28. The zero-order valence-electron chi connectivity index (χ0n) is 19.1. The number of rotatable bonds is 2. The number of benzene rings is 1. The molecule has 29 heavy (non-hydrogen) atoms. The van der Waals surface area contributed by atoms with Gasteiger partial charge in [0.05, 0.1) is 0 Å². The molecule has 0 heterocycles. The fourth-order valence-corrected chi connectivity index (χ4v) is 4.67. The second kappa shape index (κ2) is 15.5. The third-order valence-corrected chi connectivity index (χ3v) is 7.29. The molecule has 158 valence electrons. The number of allylic oxidation sites excluding steroid dienone is 8. The van der Waals surface area contributed by atoms with Gasteiger partial charge in [0.2, 0.25) is 0 Å². The Morgan fingerprint density at radius 2 is 1.14 bits per heavy atom. The van der Waals surface area contributed by atoms with Gasteiger partial charge in [-0.2, -0.15) is 22.3 Å². The molecule has 4 heteroatoms. The molecule has 0 amide bonds. The van der Waals surface area contributed by atoms with E-state index >= 15 is 0 Å². The summed E-state index contributed by atoms with van der Waals surface area (Å²) in [4.78, 5) is 0. The average molecular weight is 483 g/mol. The Morgan fingerprint density at radius 3 is 1.34 bits per heavy atom. The van der Waals surface area contributed by atoms with Gasteiger partial charge in [0.15, 0.2) is 0 Å². The molecule has 3 rings (SSSR count). The van der Waals surface area contributed by atoms with Crippen LogP contribution in [0, 0.1) is 24.0 Å². The van der Waals surface area contributed by atoms with Gasteiger partial charge in [0, 0.05) is 0 Å². The van der Waals surface area contributed by atoms with E-state index in [2.05, 4.69) is 117 Å². The first kappa shape index (κ1) is 30.9. The third kappa shape index (κ3) is 10.0. The molecule has 2 atom stereocenters. The van der Waals surface area contributed by atoms with E-state index in [1.807, 2.05) is 0 Å². The van der Waals surface area contributed by atoms with Gasteiger partial charge in [0.25, 0.3) is 0 Å². The molecule has 2 aliphatic carbocycles. The van der Waals surface area contributed by atoms with E-state index in [-0.39, 0.29) is 24.8 Å². The van der Waals surface area contributed by atoms with Gasteiger partial charge >= 0.3 is 68.0 Å². The molecule has 0 aromatic heterocycles. The molecule has 0 N–H and O–H groups in total. The van der Waals surface area contributed by atoms with Crippen LogP contribution in [0.5, 0.6) is 0 Å². The molecule has 1 aromatic rings. The topological polar surface area (TPSA) is 0 Å². The average Bonchev–Trinajstić information content (AvgIpc) is 3.01. The number of hydrogen-bond acceptors (Lipinski definition) is 0. The summed E-state index contributed by atoms with van der Waals surface area (Å²) in [5.41, 5.74) is 9.97. The van der Waals surface area contributed by atoms with Gasteiger partial charge in [-0.3, -0.25) is 12.2 Å². The minimum absolute atomic E-state index is 0. The Morgan fingerprint density at radius 1 is 0.759 bits per heavy atom. The normalized spacial score (nSPS) is 19.7.